The number of fused-ring (bicyclic) bond motifs is 5. The summed E-state index contributed by atoms with van der Waals surface area (Å²) >= 11 is 6.05. The van der Waals surface area contributed by atoms with Crippen LogP contribution in [0.5, 0.6) is 11.5 Å². The molecule has 1 aliphatic rings. The Morgan fingerprint density at radius 1 is 0.881 bits per heavy atom. The lowest BCUT2D eigenvalue weighted by Crippen LogP contribution is -2.52. The Hall–Kier alpha value is -5.85. The lowest BCUT2D eigenvalue weighted by molar-refractivity contribution is -0.142. The second-order valence-corrected chi connectivity index (χ2v) is 15.8. The number of unbranched alkanes of at least 4 members (excludes halogenated alkanes) is 1. The van der Waals surface area contributed by atoms with E-state index >= 15 is 0 Å². The fraction of sp³-hybridized carbons (Fsp3) is 0.348. The summed E-state index contributed by atoms with van der Waals surface area (Å²) in [6, 6.07) is 20.1. The van der Waals surface area contributed by atoms with Crippen molar-refractivity contribution in [3.05, 3.63) is 107 Å². The van der Waals surface area contributed by atoms with Crippen LogP contribution in [0.2, 0.25) is 5.02 Å². The van der Waals surface area contributed by atoms with Crippen molar-refractivity contribution in [3.63, 3.8) is 0 Å². The van der Waals surface area contributed by atoms with Gasteiger partial charge >= 0.3 is 0 Å². The molecule has 0 radical (unpaired) electrons. The highest BCUT2D eigenvalue weighted by atomic mass is 35.5. The topological polar surface area (TPSA) is 196 Å². The molecule has 310 valence electrons. The summed E-state index contributed by atoms with van der Waals surface area (Å²) in [5, 5.41) is 28.1. The number of halogens is 1. The van der Waals surface area contributed by atoms with E-state index in [2.05, 4.69) is 10.6 Å². The number of Topliss-reactive ketones (excluding diaryl/α,β-unsaturated/α-hetero) is 3. The number of phenols is 2. The van der Waals surface area contributed by atoms with Crippen molar-refractivity contribution in [1.29, 1.82) is 0 Å². The second-order valence-electron chi connectivity index (χ2n) is 15.4. The Bertz CT molecular complexity index is 2210. The number of nitrogens with one attached hydrogen (secondary N) is 2. The molecule has 0 fully saturated rings. The van der Waals surface area contributed by atoms with Gasteiger partial charge in [0.05, 0.1) is 6.04 Å². The first-order valence-corrected chi connectivity index (χ1v) is 20.1. The molecule has 4 aromatic carbocycles. The van der Waals surface area contributed by atoms with Crippen LogP contribution in [-0.4, -0.2) is 75.9 Å². The van der Waals surface area contributed by atoms with Crippen LogP contribution >= 0.6 is 11.6 Å². The molecule has 1 aliphatic heterocycles. The number of hydrogen-bond acceptors (Lipinski definition) is 9. The molecule has 0 saturated heterocycles. The van der Waals surface area contributed by atoms with Crippen LogP contribution in [0.25, 0.3) is 22.3 Å². The number of carbonyl (C=O) groups excluding carboxylic acids is 6. The SMILES string of the molecule is CC(=O)[C@H](C)NC(=O)[C@@H]1Cc2ccc(O)c(c2)-c2cc(ccc2O)[C@H](N(C)C(=O)[C@H](CCCCN)CC(=O)c2ccc(-c3ccc(Cl)cc3)cc2)C(=O)C[C@@H](C)C(=O)N1. The molecule has 0 saturated carbocycles. The first kappa shape index (κ1) is 44.3. The minimum absolute atomic E-state index is 0.0345. The number of hydrogen-bond donors (Lipinski definition) is 5. The Kier molecular flexibility index (Phi) is 14.8. The zero-order valence-corrected chi connectivity index (χ0v) is 34.4. The zero-order chi connectivity index (χ0) is 43.0. The number of nitrogens with zero attached hydrogens (tertiary/aromatic N) is 1. The van der Waals surface area contributed by atoms with E-state index < -0.39 is 53.5 Å². The monoisotopic (exact) mass is 822 g/mol. The number of likely N-dealkylation sites (N-methyl/N-ethyl adjacent to an activating group) is 1. The van der Waals surface area contributed by atoms with Gasteiger partial charge < -0.3 is 31.5 Å². The Morgan fingerprint density at radius 2 is 1.49 bits per heavy atom. The summed E-state index contributed by atoms with van der Waals surface area (Å²) in [4.78, 5) is 83.2. The highest BCUT2D eigenvalue weighted by Crippen LogP contribution is 2.39. The van der Waals surface area contributed by atoms with Crippen molar-refractivity contribution in [2.45, 2.75) is 77.4 Å². The van der Waals surface area contributed by atoms with Gasteiger partial charge in [0.2, 0.25) is 17.7 Å². The predicted molar refractivity (Wildman–Crippen MR) is 226 cm³/mol. The van der Waals surface area contributed by atoms with E-state index in [1.807, 2.05) is 24.3 Å². The quantitative estimate of drug-likeness (QED) is 0.0756. The Balaban J connectivity index is 1.50. The molecule has 0 aromatic heterocycles. The standard InChI is InChI=1S/C46H51ClN4O8/c1-26-21-42(56)43(51(4)46(59)34(7-5-6-20-48)25-41(55)32-11-9-30(10-12-32)31-13-16-35(47)17-14-31)33-15-19-40(54)37(24-33)36-22-29(8-18-39(36)53)23-38(50-44(26)57)45(58)49-27(2)28(3)52/h8-19,22,24,26-27,34,38,43,53-54H,5-7,20-21,23,25,48H2,1-4H3,(H,49,58)(H,50,57)/t26-,27+,34-,38+,43+/m1/s1. The first-order valence-electron chi connectivity index (χ1n) is 19.7. The van der Waals surface area contributed by atoms with Gasteiger partial charge in [-0.1, -0.05) is 73.5 Å². The third kappa shape index (κ3) is 11.0. The van der Waals surface area contributed by atoms with Crippen molar-refractivity contribution in [2.24, 2.45) is 17.6 Å². The number of benzene rings is 4. The van der Waals surface area contributed by atoms with Gasteiger partial charge in [-0.25, -0.2) is 0 Å². The number of ketones is 3. The van der Waals surface area contributed by atoms with Crippen molar-refractivity contribution >= 4 is 46.7 Å². The van der Waals surface area contributed by atoms with Crippen LogP contribution < -0.4 is 16.4 Å². The minimum atomic E-state index is -1.27. The van der Waals surface area contributed by atoms with Crippen LogP contribution in [-0.2, 0) is 30.4 Å². The Morgan fingerprint density at radius 3 is 2.12 bits per heavy atom. The molecule has 5 rings (SSSR count). The largest absolute Gasteiger partial charge is 0.507 e. The summed E-state index contributed by atoms with van der Waals surface area (Å²) in [6.45, 7) is 4.79. The molecule has 0 spiro atoms. The average molecular weight is 823 g/mol. The number of rotatable bonds is 13. The van der Waals surface area contributed by atoms with Gasteiger partial charge in [-0.15, -0.1) is 0 Å². The number of amides is 3. The predicted octanol–water partition coefficient (Wildman–Crippen LogP) is 6.33. The van der Waals surface area contributed by atoms with Gasteiger partial charge in [0, 0.05) is 59.9 Å². The lowest BCUT2D eigenvalue weighted by atomic mass is 9.88. The number of aromatic hydroxyl groups is 2. The normalized spacial score (nSPS) is 17.8. The summed E-state index contributed by atoms with van der Waals surface area (Å²) in [5.74, 6) is -4.95. The molecule has 5 atom stereocenters. The van der Waals surface area contributed by atoms with E-state index in [-0.39, 0.29) is 53.5 Å². The number of carbonyl (C=O) groups is 6. The van der Waals surface area contributed by atoms with Gasteiger partial charge in [0.15, 0.2) is 17.3 Å². The van der Waals surface area contributed by atoms with E-state index in [0.717, 1.165) is 11.1 Å². The summed E-state index contributed by atoms with van der Waals surface area (Å²) in [7, 11) is 1.47. The molecule has 6 N–H and O–H groups in total. The van der Waals surface area contributed by atoms with Crippen LogP contribution in [0.3, 0.4) is 0 Å². The third-order valence-corrected chi connectivity index (χ3v) is 11.1. The van der Waals surface area contributed by atoms with Crippen LogP contribution in [0, 0.1) is 11.8 Å². The van der Waals surface area contributed by atoms with Crippen molar-refractivity contribution in [3.8, 4) is 33.8 Å². The van der Waals surface area contributed by atoms with Crippen LogP contribution in [0.15, 0.2) is 84.9 Å². The van der Waals surface area contributed by atoms with Crippen LogP contribution in [0.4, 0.5) is 0 Å². The van der Waals surface area contributed by atoms with E-state index in [0.29, 0.717) is 47.5 Å². The van der Waals surface area contributed by atoms with Crippen molar-refractivity contribution < 1.29 is 39.0 Å². The minimum Gasteiger partial charge on any atom is -0.507 e. The molecule has 13 heteroatoms. The first-order chi connectivity index (χ1) is 28.1. The second kappa shape index (κ2) is 19.7. The molecular formula is C46H51ClN4O8. The van der Waals surface area contributed by atoms with Crippen molar-refractivity contribution in [2.75, 3.05) is 13.6 Å². The van der Waals surface area contributed by atoms with E-state index in [4.69, 9.17) is 17.3 Å². The van der Waals surface area contributed by atoms with Crippen LogP contribution in [0.1, 0.15) is 80.4 Å². The van der Waals surface area contributed by atoms with Crippen molar-refractivity contribution in [1.82, 2.24) is 15.5 Å². The molecule has 59 heavy (non-hydrogen) atoms. The van der Waals surface area contributed by atoms with E-state index in [9.17, 15) is 39.0 Å². The van der Waals surface area contributed by atoms with Gasteiger partial charge in [-0.05, 0) is 91.9 Å². The number of phenolic OH excluding ortho intramolecular Hbond substituents is 2. The highest BCUT2D eigenvalue weighted by Gasteiger charge is 2.36. The lowest BCUT2D eigenvalue weighted by Gasteiger charge is -2.32. The molecule has 3 amide bonds. The maximum Gasteiger partial charge on any atom is 0.243 e. The molecule has 0 unspecified atom stereocenters. The van der Waals surface area contributed by atoms with Gasteiger partial charge in [0.25, 0.3) is 0 Å². The Labute approximate surface area is 349 Å². The maximum absolute atomic E-state index is 14.6. The average Bonchev–Trinajstić information content (AvgIpc) is 3.21. The van der Waals surface area contributed by atoms with E-state index in [1.165, 1.54) is 50.1 Å². The summed E-state index contributed by atoms with van der Waals surface area (Å²) < 4.78 is 0. The van der Waals surface area contributed by atoms with Gasteiger partial charge in [0.1, 0.15) is 23.6 Å². The molecule has 0 aliphatic carbocycles. The smallest absolute Gasteiger partial charge is 0.243 e. The molecule has 12 nitrogen and oxygen atoms in total. The molecule has 4 bridgehead atoms. The molecular weight excluding hydrogens is 772 g/mol. The van der Waals surface area contributed by atoms with E-state index in [1.54, 1.807) is 43.3 Å². The fourth-order valence-electron chi connectivity index (χ4n) is 7.27. The number of nitrogens with two attached hydrogens (primary N) is 1. The maximum atomic E-state index is 14.6. The molecule has 1 heterocycles. The summed E-state index contributed by atoms with van der Waals surface area (Å²) in [5.41, 5.74) is 9.21. The fourth-order valence-corrected chi connectivity index (χ4v) is 7.39. The summed E-state index contributed by atoms with van der Waals surface area (Å²) in [6.07, 6.45) is 0.979. The zero-order valence-electron chi connectivity index (χ0n) is 33.7. The van der Waals surface area contributed by atoms with Gasteiger partial charge in [-0.2, -0.15) is 0 Å². The molecule has 4 aromatic rings. The van der Waals surface area contributed by atoms with Gasteiger partial charge in [-0.3, -0.25) is 28.8 Å². The third-order valence-electron chi connectivity index (χ3n) is 10.9. The highest BCUT2D eigenvalue weighted by molar-refractivity contribution is 6.30.